The van der Waals surface area contributed by atoms with Crippen molar-refractivity contribution >= 4 is 11.8 Å². The Labute approximate surface area is 120 Å². The van der Waals surface area contributed by atoms with E-state index in [-0.39, 0.29) is 24.7 Å². The quantitative estimate of drug-likeness (QED) is 0.889. The number of hydrogen-bond acceptors (Lipinski definition) is 4. The minimum atomic E-state index is -0.718. The molecular weight excluding hydrogens is 277 g/mol. The molecule has 0 aliphatic carbocycles. The second-order valence-electron chi connectivity index (χ2n) is 4.04. The smallest absolute Gasteiger partial charge is 0.417 e. The molecule has 2 N–H and O–H groups in total. The van der Waals surface area contributed by atoms with Crippen LogP contribution < -0.4 is 14.8 Å². The fourth-order valence-electron chi connectivity index (χ4n) is 1.59. The number of nitrogens with one attached hydrogen (secondary N) is 1. The Balaban J connectivity index is 1.96. The molecule has 0 fully saturated rings. The van der Waals surface area contributed by atoms with E-state index in [1.807, 2.05) is 0 Å². The van der Waals surface area contributed by atoms with E-state index in [1.165, 1.54) is 12.1 Å². The van der Waals surface area contributed by atoms with Gasteiger partial charge in [0.2, 0.25) is 0 Å². The largest absolute Gasteiger partial charge is 0.488 e. The number of rotatable bonds is 5. The van der Waals surface area contributed by atoms with Crippen LogP contribution in [0.15, 0.2) is 48.5 Å². The first-order valence-corrected chi connectivity index (χ1v) is 6.26. The van der Waals surface area contributed by atoms with Crippen LogP contribution in [-0.2, 0) is 0 Å². The Morgan fingerprint density at radius 3 is 2.62 bits per heavy atom. The SMILES string of the molecule is O=C(Nc1ccc(OCCO)c(F)c1)Oc1ccccc1. The number of amides is 1. The second kappa shape index (κ2) is 7.25. The van der Waals surface area contributed by atoms with Gasteiger partial charge in [0, 0.05) is 11.8 Å². The van der Waals surface area contributed by atoms with Crippen LogP contribution in [-0.4, -0.2) is 24.4 Å². The van der Waals surface area contributed by atoms with E-state index >= 15 is 0 Å². The van der Waals surface area contributed by atoms with Crippen molar-refractivity contribution < 1.29 is 23.8 Å². The van der Waals surface area contributed by atoms with Gasteiger partial charge in [0.15, 0.2) is 11.6 Å². The molecule has 6 heteroatoms. The summed E-state index contributed by atoms with van der Waals surface area (Å²) in [4.78, 5) is 11.6. The lowest BCUT2D eigenvalue weighted by Gasteiger charge is -2.09. The molecule has 0 spiro atoms. The highest BCUT2D eigenvalue weighted by molar-refractivity contribution is 5.86. The number of carbonyl (C=O) groups is 1. The molecule has 2 aromatic rings. The zero-order chi connectivity index (χ0) is 15.1. The maximum absolute atomic E-state index is 13.7. The van der Waals surface area contributed by atoms with Gasteiger partial charge in [-0.25, -0.2) is 9.18 Å². The van der Waals surface area contributed by atoms with Crippen molar-refractivity contribution in [3.05, 3.63) is 54.3 Å². The molecule has 0 aromatic heterocycles. The summed E-state index contributed by atoms with van der Waals surface area (Å²) in [5.74, 6) is -0.245. The molecule has 2 rings (SSSR count). The highest BCUT2D eigenvalue weighted by Crippen LogP contribution is 2.21. The minimum absolute atomic E-state index is 0.000254. The van der Waals surface area contributed by atoms with Crippen LogP contribution >= 0.6 is 0 Å². The van der Waals surface area contributed by atoms with E-state index in [1.54, 1.807) is 30.3 Å². The van der Waals surface area contributed by atoms with E-state index in [2.05, 4.69) is 5.32 Å². The lowest BCUT2D eigenvalue weighted by molar-refractivity contribution is 0.196. The van der Waals surface area contributed by atoms with Gasteiger partial charge in [-0.05, 0) is 24.3 Å². The average Bonchev–Trinajstić information content (AvgIpc) is 2.47. The number of aliphatic hydroxyl groups excluding tert-OH is 1. The van der Waals surface area contributed by atoms with E-state index in [9.17, 15) is 9.18 Å². The van der Waals surface area contributed by atoms with Gasteiger partial charge < -0.3 is 14.6 Å². The maximum atomic E-state index is 13.7. The number of carbonyl (C=O) groups excluding carboxylic acids is 1. The van der Waals surface area contributed by atoms with Crippen molar-refractivity contribution in [3.8, 4) is 11.5 Å². The summed E-state index contributed by atoms with van der Waals surface area (Å²) in [6.45, 7) is -0.206. The predicted octanol–water partition coefficient (Wildman–Crippen LogP) is 2.81. The van der Waals surface area contributed by atoms with Crippen molar-refractivity contribution in [3.63, 3.8) is 0 Å². The second-order valence-corrected chi connectivity index (χ2v) is 4.04. The summed E-state index contributed by atoms with van der Waals surface area (Å²) in [5, 5.41) is 11.0. The maximum Gasteiger partial charge on any atom is 0.417 e. The van der Waals surface area contributed by atoms with Crippen LogP contribution in [0, 0.1) is 5.82 Å². The molecule has 1 amide bonds. The molecular formula is C15H14FNO4. The Morgan fingerprint density at radius 1 is 1.19 bits per heavy atom. The molecule has 0 atom stereocenters. The molecule has 0 radical (unpaired) electrons. The van der Waals surface area contributed by atoms with Crippen LogP contribution in [0.2, 0.25) is 0 Å². The normalized spacial score (nSPS) is 10.0. The van der Waals surface area contributed by atoms with Crippen molar-refractivity contribution in [2.45, 2.75) is 0 Å². The monoisotopic (exact) mass is 291 g/mol. The molecule has 110 valence electrons. The van der Waals surface area contributed by atoms with E-state index in [0.29, 0.717) is 5.75 Å². The molecule has 5 nitrogen and oxygen atoms in total. The number of anilines is 1. The number of aliphatic hydroxyl groups is 1. The fraction of sp³-hybridized carbons (Fsp3) is 0.133. The number of benzene rings is 2. The Kier molecular flexibility index (Phi) is 5.11. The molecule has 21 heavy (non-hydrogen) atoms. The van der Waals surface area contributed by atoms with Gasteiger partial charge in [0.25, 0.3) is 0 Å². The number of halogens is 1. The van der Waals surface area contributed by atoms with Crippen molar-refractivity contribution in [1.29, 1.82) is 0 Å². The summed E-state index contributed by atoms with van der Waals surface area (Å²) in [5.41, 5.74) is 0.241. The third kappa shape index (κ3) is 4.47. The van der Waals surface area contributed by atoms with E-state index in [4.69, 9.17) is 14.6 Å². The molecule has 0 saturated heterocycles. The Morgan fingerprint density at radius 2 is 1.95 bits per heavy atom. The van der Waals surface area contributed by atoms with Crippen molar-refractivity contribution in [2.75, 3.05) is 18.5 Å². The number of ether oxygens (including phenoxy) is 2. The summed E-state index contributed by atoms with van der Waals surface area (Å²) in [6.07, 6.45) is -0.718. The van der Waals surface area contributed by atoms with Crippen LogP contribution in [0.4, 0.5) is 14.9 Å². The van der Waals surface area contributed by atoms with Crippen molar-refractivity contribution in [1.82, 2.24) is 0 Å². The zero-order valence-electron chi connectivity index (χ0n) is 11.1. The summed E-state index contributed by atoms with van der Waals surface area (Å²) < 4.78 is 23.6. The highest BCUT2D eigenvalue weighted by atomic mass is 19.1. The topological polar surface area (TPSA) is 67.8 Å². The zero-order valence-corrected chi connectivity index (χ0v) is 11.1. The molecule has 0 saturated carbocycles. The highest BCUT2D eigenvalue weighted by Gasteiger charge is 2.08. The standard InChI is InChI=1S/C15H14FNO4/c16-13-10-11(6-7-14(13)20-9-8-18)17-15(19)21-12-4-2-1-3-5-12/h1-7,10,18H,8-9H2,(H,17,19). The molecule has 0 aliphatic rings. The van der Waals surface area contributed by atoms with Crippen molar-refractivity contribution in [2.24, 2.45) is 0 Å². The van der Waals surface area contributed by atoms with Gasteiger partial charge in [-0.1, -0.05) is 18.2 Å². The summed E-state index contributed by atoms with van der Waals surface area (Å²) >= 11 is 0. The first-order valence-electron chi connectivity index (χ1n) is 6.26. The predicted molar refractivity (Wildman–Crippen MR) is 75.1 cm³/mol. The first-order chi connectivity index (χ1) is 10.2. The van der Waals surface area contributed by atoms with Gasteiger partial charge in [0.1, 0.15) is 12.4 Å². The Bertz CT molecular complexity index is 604. The first kappa shape index (κ1) is 14.8. The molecule has 0 heterocycles. The summed E-state index contributed by atoms with van der Waals surface area (Å²) in [6, 6.07) is 12.5. The lowest BCUT2D eigenvalue weighted by Crippen LogP contribution is -2.16. The fourth-order valence-corrected chi connectivity index (χ4v) is 1.59. The molecule has 2 aromatic carbocycles. The number of hydrogen-bond donors (Lipinski definition) is 2. The van der Waals surface area contributed by atoms with Gasteiger partial charge in [-0.3, -0.25) is 5.32 Å². The molecule has 0 unspecified atom stereocenters. The minimum Gasteiger partial charge on any atom is -0.488 e. The van der Waals surface area contributed by atoms with Crippen LogP contribution in [0.3, 0.4) is 0 Å². The van der Waals surface area contributed by atoms with Gasteiger partial charge in [0.05, 0.1) is 6.61 Å². The Hall–Kier alpha value is -2.60. The third-order valence-corrected chi connectivity index (χ3v) is 2.48. The molecule has 0 aliphatic heterocycles. The van der Waals surface area contributed by atoms with E-state index < -0.39 is 11.9 Å². The van der Waals surface area contributed by atoms with Gasteiger partial charge in [-0.2, -0.15) is 0 Å². The lowest BCUT2D eigenvalue weighted by atomic mass is 10.3. The average molecular weight is 291 g/mol. The van der Waals surface area contributed by atoms with Crippen LogP contribution in [0.1, 0.15) is 0 Å². The van der Waals surface area contributed by atoms with Gasteiger partial charge >= 0.3 is 6.09 Å². The third-order valence-electron chi connectivity index (χ3n) is 2.48. The van der Waals surface area contributed by atoms with Crippen LogP contribution in [0.5, 0.6) is 11.5 Å². The molecule has 0 bridgehead atoms. The van der Waals surface area contributed by atoms with E-state index in [0.717, 1.165) is 6.07 Å². The van der Waals surface area contributed by atoms with Gasteiger partial charge in [-0.15, -0.1) is 0 Å². The number of para-hydroxylation sites is 1. The summed E-state index contributed by atoms with van der Waals surface area (Å²) in [7, 11) is 0. The van der Waals surface area contributed by atoms with Crippen LogP contribution in [0.25, 0.3) is 0 Å².